The van der Waals surface area contributed by atoms with Crippen molar-refractivity contribution in [3.63, 3.8) is 0 Å². The number of nitrogens with zero attached hydrogens (tertiary/aromatic N) is 1. The van der Waals surface area contributed by atoms with Crippen LogP contribution >= 0.6 is 0 Å². The largest absolute Gasteiger partial charge is 0.463 e. The second-order valence-corrected chi connectivity index (χ2v) is 6.66. The molecular weight excluding hydrogens is 312 g/mol. The molecule has 1 aliphatic carbocycles. The molecule has 1 N–H and O–H groups in total. The van der Waals surface area contributed by atoms with Crippen molar-refractivity contribution in [2.75, 3.05) is 7.11 Å². The first kappa shape index (κ1) is 16.5. The highest BCUT2D eigenvalue weighted by molar-refractivity contribution is 6.07. The zero-order valence-electron chi connectivity index (χ0n) is 14.2. The maximum absolute atomic E-state index is 12.9. The van der Waals surface area contributed by atoms with Gasteiger partial charge in [0.05, 0.1) is 13.7 Å². The Balaban J connectivity index is 1.82. The Kier molecular flexibility index (Phi) is 4.11. The van der Waals surface area contributed by atoms with Crippen LogP contribution in [-0.4, -0.2) is 35.5 Å². The van der Waals surface area contributed by atoms with Crippen LogP contribution in [0.3, 0.4) is 0 Å². The van der Waals surface area contributed by atoms with Crippen molar-refractivity contribution in [1.82, 2.24) is 10.2 Å². The van der Waals surface area contributed by atoms with Gasteiger partial charge in [-0.25, -0.2) is 9.59 Å². The molecule has 0 radical (unpaired) electrons. The summed E-state index contributed by atoms with van der Waals surface area (Å²) in [6.45, 7) is 3.74. The normalized spacial score (nSPS) is 26.8. The van der Waals surface area contributed by atoms with Gasteiger partial charge in [-0.3, -0.25) is 9.69 Å². The second-order valence-electron chi connectivity index (χ2n) is 6.66. The van der Waals surface area contributed by atoms with Crippen molar-refractivity contribution in [2.45, 2.75) is 51.6 Å². The smallest absolute Gasteiger partial charge is 0.374 e. The minimum absolute atomic E-state index is 0.0109. The molecule has 1 spiro atoms. The summed E-state index contributed by atoms with van der Waals surface area (Å²) in [6.07, 6.45) is 3.59. The number of hydrogen-bond donors (Lipinski definition) is 1. The average Bonchev–Trinajstić information content (AvgIpc) is 3.03. The molecule has 7 nitrogen and oxygen atoms in total. The summed E-state index contributed by atoms with van der Waals surface area (Å²) in [7, 11) is 1.27. The summed E-state index contributed by atoms with van der Waals surface area (Å²) in [6, 6.07) is 1.25. The van der Waals surface area contributed by atoms with Crippen molar-refractivity contribution in [3.05, 3.63) is 23.2 Å². The number of nitrogens with one attached hydrogen (secondary N) is 1. The molecule has 1 saturated carbocycles. The number of hydrogen-bond acceptors (Lipinski definition) is 5. The highest BCUT2D eigenvalue weighted by atomic mass is 16.5. The highest BCUT2D eigenvalue weighted by Crippen LogP contribution is 2.38. The van der Waals surface area contributed by atoms with Crippen molar-refractivity contribution in [3.8, 4) is 0 Å². The number of imide groups is 1. The Morgan fingerprint density at radius 2 is 2.21 bits per heavy atom. The van der Waals surface area contributed by atoms with Crippen LogP contribution in [0.4, 0.5) is 4.79 Å². The van der Waals surface area contributed by atoms with Gasteiger partial charge in [-0.05, 0) is 31.7 Å². The maximum Gasteiger partial charge on any atom is 0.374 e. The number of furan rings is 1. The predicted octanol–water partition coefficient (Wildman–Crippen LogP) is 2.38. The average molecular weight is 334 g/mol. The number of rotatable bonds is 3. The van der Waals surface area contributed by atoms with E-state index in [9.17, 15) is 14.4 Å². The van der Waals surface area contributed by atoms with E-state index in [2.05, 4.69) is 10.1 Å². The van der Waals surface area contributed by atoms with E-state index in [0.29, 0.717) is 17.7 Å². The first-order valence-corrected chi connectivity index (χ1v) is 8.21. The van der Waals surface area contributed by atoms with Gasteiger partial charge in [0, 0.05) is 5.56 Å². The number of amides is 3. The van der Waals surface area contributed by atoms with Crippen LogP contribution in [0.15, 0.2) is 10.5 Å². The van der Waals surface area contributed by atoms with Crippen LogP contribution in [0.1, 0.15) is 54.5 Å². The fourth-order valence-electron chi connectivity index (χ4n) is 3.72. The third-order valence-electron chi connectivity index (χ3n) is 5.15. The predicted molar refractivity (Wildman–Crippen MR) is 84.2 cm³/mol. The van der Waals surface area contributed by atoms with E-state index in [1.54, 1.807) is 13.0 Å². The molecule has 2 atom stereocenters. The van der Waals surface area contributed by atoms with Gasteiger partial charge in [-0.1, -0.05) is 19.8 Å². The summed E-state index contributed by atoms with van der Waals surface area (Å²) >= 11 is 0. The summed E-state index contributed by atoms with van der Waals surface area (Å²) in [5.74, 6) is -0.185. The number of carbonyl (C=O) groups excluding carboxylic acids is 3. The van der Waals surface area contributed by atoms with Crippen molar-refractivity contribution in [2.24, 2.45) is 5.92 Å². The van der Waals surface area contributed by atoms with E-state index >= 15 is 0 Å². The summed E-state index contributed by atoms with van der Waals surface area (Å²) in [4.78, 5) is 38.1. The molecule has 1 aliphatic heterocycles. The fraction of sp³-hybridized carbons (Fsp3) is 0.588. The molecule has 2 aliphatic rings. The van der Waals surface area contributed by atoms with Gasteiger partial charge in [0.1, 0.15) is 11.3 Å². The topological polar surface area (TPSA) is 88.8 Å². The van der Waals surface area contributed by atoms with Crippen LogP contribution < -0.4 is 5.32 Å². The number of urea groups is 1. The first-order chi connectivity index (χ1) is 11.4. The Hall–Kier alpha value is -2.31. The molecule has 2 fully saturated rings. The maximum atomic E-state index is 12.9. The van der Waals surface area contributed by atoms with Crippen LogP contribution in [0.2, 0.25) is 0 Å². The molecule has 1 aromatic heterocycles. The third kappa shape index (κ3) is 2.48. The lowest BCUT2D eigenvalue weighted by Crippen LogP contribution is -2.53. The van der Waals surface area contributed by atoms with Crippen LogP contribution in [0.5, 0.6) is 0 Å². The van der Waals surface area contributed by atoms with Gasteiger partial charge < -0.3 is 14.5 Å². The molecule has 7 heteroatoms. The molecule has 1 saturated heterocycles. The lowest BCUT2D eigenvalue weighted by molar-refractivity contribution is -0.134. The van der Waals surface area contributed by atoms with Gasteiger partial charge >= 0.3 is 12.0 Å². The Bertz CT molecular complexity index is 695. The number of carbonyl (C=O) groups is 3. The van der Waals surface area contributed by atoms with E-state index in [0.717, 1.165) is 19.3 Å². The Morgan fingerprint density at radius 3 is 2.88 bits per heavy atom. The Morgan fingerprint density at radius 1 is 1.46 bits per heavy atom. The quantitative estimate of drug-likeness (QED) is 0.677. The summed E-state index contributed by atoms with van der Waals surface area (Å²) in [5, 5.41) is 2.90. The number of methoxy groups -OCH3 is 1. The van der Waals surface area contributed by atoms with Crippen LogP contribution in [-0.2, 0) is 16.1 Å². The molecule has 3 rings (SSSR count). The summed E-state index contributed by atoms with van der Waals surface area (Å²) < 4.78 is 10.1. The third-order valence-corrected chi connectivity index (χ3v) is 5.15. The minimum atomic E-state index is -0.790. The lowest BCUT2D eigenvalue weighted by Gasteiger charge is -2.36. The number of esters is 1. The molecule has 0 bridgehead atoms. The molecule has 24 heavy (non-hydrogen) atoms. The zero-order valence-corrected chi connectivity index (χ0v) is 14.2. The highest BCUT2D eigenvalue weighted by Gasteiger charge is 2.54. The zero-order chi connectivity index (χ0) is 17.5. The van der Waals surface area contributed by atoms with E-state index in [-0.39, 0.29) is 24.1 Å². The van der Waals surface area contributed by atoms with Gasteiger partial charge in [-0.2, -0.15) is 0 Å². The van der Waals surface area contributed by atoms with Gasteiger partial charge in [-0.15, -0.1) is 0 Å². The van der Waals surface area contributed by atoms with Crippen LogP contribution in [0, 0.1) is 12.8 Å². The standard InChI is InChI=1S/C17H22N2O5/c1-10-8-12(24-13(10)14(20)23-3)9-19-15(21)17(18-16(19)22)7-5-4-6-11(17)2/h8,11H,4-7,9H2,1-3H3,(H,18,22)/t11-,17-/m1/s1. The van der Waals surface area contributed by atoms with E-state index < -0.39 is 17.5 Å². The number of aryl methyl sites for hydroxylation is 1. The fourth-order valence-corrected chi connectivity index (χ4v) is 3.72. The van der Waals surface area contributed by atoms with E-state index in [4.69, 9.17) is 4.42 Å². The SMILES string of the molecule is COC(=O)c1oc(CN2C(=O)N[C@@]3(CCCC[C@H]3C)C2=O)cc1C. The van der Waals surface area contributed by atoms with Gasteiger partial charge in [0.25, 0.3) is 5.91 Å². The molecule has 130 valence electrons. The van der Waals surface area contributed by atoms with Gasteiger partial charge in [0.15, 0.2) is 0 Å². The molecule has 1 aromatic rings. The summed E-state index contributed by atoms with van der Waals surface area (Å²) in [5.41, 5.74) is -0.174. The number of ether oxygens (including phenoxy) is 1. The van der Waals surface area contributed by atoms with Gasteiger partial charge in [0.2, 0.25) is 5.76 Å². The van der Waals surface area contributed by atoms with Crippen molar-refractivity contribution >= 4 is 17.9 Å². The first-order valence-electron chi connectivity index (χ1n) is 8.21. The second kappa shape index (κ2) is 5.96. The molecule has 0 unspecified atom stereocenters. The lowest BCUT2D eigenvalue weighted by atomic mass is 9.73. The molecule has 3 amide bonds. The van der Waals surface area contributed by atoms with Crippen molar-refractivity contribution < 1.29 is 23.5 Å². The Labute approximate surface area is 140 Å². The van der Waals surface area contributed by atoms with Crippen molar-refractivity contribution in [1.29, 1.82) is 0 Å². The monoisotopic (exact) mass is 334 g/mol. The minimum Gasteiger partial charge on any atom is -0.463 e. The van der Waals surface area contributed by atoms with Crippen LogP contribution in [0.25, 0.3) is 0 Å². The molecule has 2 heterocycles. The van der Waals surface area contributed by atoms with E-state index in [1.807, 2.05) is 6.92 Å². The molecule has 0 aromatic carbocycles. The molecular formula is C17H22N2O5. The van der Waals surface area contributed by atoms with E-state index in [1.165, 1.54) is 12.0 Å².